The molecule has 118 valence electrons. The van der Waals surface area contributed by atoms with E-state index < -0.39 is 5.60 Å². The molecule has 0 aromatic carbocycles. The first-order valence-electron chi connectivity index (χ1n) is 6.76. The summed E-state index contributed by atoms with van der Waals surface area (Å²) in [6.45, 7) is 8.99. The zero-order chi connectivity index (χ0) is 16.1. The highest BCUT2D eigenvalue weighted by Gasteiger charge is 2.15. The molecule has 0 saturated heterocycles. The van der Waals surface area contributed by atoms with Crippen LogP contribution in [0.2, 0.25) is 0 Å². The molecular weight excluding hydrogens is 272 g/mol. The van der Waals surface area contributed by atoms with E-state index in [1.807, 2.05) is 39.0 Å². The first kappa shape index (κ1) is 19.1. The van der Waals surface area contributed by atoms with E-state index in [1.54, 1.807) is 13.1 Å². The molecule has 1 rings (SSSR count). The zero-order valence-corrected chi connectivity index (χ0v) is 13.1. The normalized spacial score (nSPS) is 10.1. The standard InChI is InChI=1S/C12H18N2O2.C3H6O2/c1-12(2,3)16-11(15)9-13-8-10-6-4-5-7-14-10;1-2-5-3-4/h4-7,13H,8-9H2,1-3H3;3H,2H2,1H3. The Hall–Kier alpha value is -1.95. The summed E-state index contributed by atoms with van der Waals surface area (Å²) in [4.78, 5) is 24.7. The van der Waals surface area contributed by atoms with E-state index in [9.17, 15) is 9.59 Å². The number of carbonyl (C=O) groups excluding carboxylic acids is 2. The maximum absolute atomic E-state index is 11.3. The van der Waals surface area contributed by atoms with Crippen LogP contribution in [0.15, 0.2) is 24.4 Å². The second-order valence-electron chi connectivity index (χ2n) is 5.06. The molecule has 0 fully saturated rings. The van der Waals surface area contributed by atoms with Gasteiger partial charge >= 0.3 is 5.97 Å². The number of ether oxygens (including phenoxy) is 2. The van der Waals surface area contributed by atoms with Crippen molar-refractivity contribution in [1.29, 1.82) is 0 Å². The number of esters is 1. The van der Waals surface area contributed by atoms with Gasteiger partial charge in [0.05, 0.1) is 18.8 Å². The largest absolute Gasteiger partial charge is 0.468 e. The molecule has 0 radical (unpaired) electrons. The summed E-state index contributed by atoms with van der Waals surface area (Å²) in [5, 5.41) is 2.99. The number of hydrogen-bond donors (Lipinski definition) is 1. The van der Waals surface area contributed by atoms with Crippen molar-refractivity contribution in [3.63, 3.8) is 0 Å². The van der Waals surface area contributed by atoms with Gasteiger partial charge in [0.1, 0.15) is 5.60 Å². The van der Waals surface area contributed by atoms with Crippen molar-refractivity contribution in [3.8, 4) is 0 Å². The first-order valence-corrected chi connectivity index (χ1v) is 6.76. The van der Waals surface area contributed by atoms with Gasteiger partial charge in [0.2, 0.25) is 0 Å². The lowest BCUT2D eigenvalue weighted by atomic mass is 10.2. The SMILES string of the molecule is CC(C)(C)OC(=O)CNCc1ccccn1.CCOC=O. The topological polar surface area (TPSA) is 77.5 Å². The quantitative estimate of drug-likeness (QED) is 0.636. The Morgan fingerprint density at radius 1 is 1.38 bits per heavy atom. The molecule has 1 aromatic heterocycles. The summed E-state index contributed by atoms with van der Waals surface area (Å²) in [5.74, 6) is -0.247. The Labute approximate surface area is 125 Å². The Morgan fingerprint density at radius 2 is 2.10 bits per heavy atom. The lowest BCUT2D eigenvalue weighted by Gasteiger charge is -2.19. The fourth-order valence-electron chi connectivity index (χ4n) is 1.24. The number of nitrogens with zero attached hydrogens (tertiary/aromatic N) is 1. The monoisotopic (exact) mass is 296 g/mol. The van der Waals surface area contributed by atoms with Gasteiger partial charge in [0.15, 0.2) is 0 Å². The summed E-state index contributed by atoms with van der Waals surface area (Å²) in [6, 6.07) is 5.68. The van der Waals surface area contributed by atoms with Crippen LogP contribution in [0.4, 0.5) is 0 Å². The number of rotatable bonds is 6. The minimum atomic E-state index is -0.427. The fourth-order valence-corrected chi connectivity index (χ4v) is 1.24. The third-order valence-electron chi connectivity index (χ3n) is 1.96. The Balaban J connectivity index is 0.000000690. The molecule has 0 bridgehead atoms. The van der Waals surface area contributed by atoms with Crippen LogP contribution in [0.25, 0.3) is 0 Å². The third kappa shape index (κ3) is 12.8. The van der Waals surface area contributed by atoms with Crippen LogP contribution in [0.3, 0.4) is 0 Å². The summed E-state index contributed by atoms with van der Waals surface area (Å²) >= 11 is 0. The first-order chi connectivity index (χ1) is 9.89. The molecule has 6 nitrogen and oxygen atoms in total. The number of aromatic nitrogens is 1. The number of pyridine rings is 1. The summed E-state index contributed by atoms with van der Waals surface area (Å²) in [6.07, 6.45) is 1.73. The van der Waals surface area contributed by atoms with Gasteiger partial charge < -0.3 is 14.8 Å². The van der Waals surface area contributed by atoms with Crippen LogP contribution < -0.4 is 5.32 Å². The lowest BCUT2D eigenvalue weighted by molar-refractivity contribution is -0.153. The minimum absolute atomic E-state index is 0.202. The van der Waals surface area contributed by atoms with Gasteiger partial charge in [-0.15, -0.1) is 0 Å². The Bertz CT molecular complexity index is 402. The van der Waals surface area contributed by atoms with Gasteiger partial charge in [-0.1, -0.05) is 6.07 Å². The summed E-state index contributed by atoms with van der Waals surface area (Å²) < 4.78 is 9.31. The molecule has 0 aliphatic carbocycles. The van der Waals surface area contributed by atoms with Gasteiger partial charge in [-0.3, -0.25) is 14.6 Å². The van der Waals surface area contributed by atoms with Gasteiger partial charge in [-0.25, -0.2) is 0 Å². The molecule has 0 spiro atoms. The van der Waals surface area contributed by atoms with Crippen LogP contribution in [0.5, 0.6) is 0 Å². The van der Waals surface area contributed by atoms with E-state index in [4.69, 9.17) is 4.74 Å². The van der Waals surface area contributed by atoms with Crippen molar-refractivity contribution < 1.29 is 19.1 Å². The predicted molar refractivity (Wildman–Crippen MR) is 79.5 cm³/mol. The van der Waals surface area contributed by atoms with E-state index in [1.165, 1.54) is 0 Å². The third-order valence-corrected chi connectivity index (χ3v) is 1.96. The van der Waals surface area contributed by atoms with E-state index in [0.717, 1.165) is 5.69 Å². The molecule has 0 unspecified atom stereocenters. The van der Waals surface area contributed by atoms with Gasteiger partial charge in [0, 0.05) is 12.7 Å². The van der Waals surface area contributed by atoms with Crippen LogP contribution in [-0.2, 0) is 25.6 Å². The van der Waals surface area contributed by atoms with Crippen LogP contribution in [-0.4, -0.2) is 36.2 Å². The molecule has 0 amide bonds. The Morgan fingerprint density at radius 3 is 2.52 bits per heavy atom. The second-order valence-corrected chi connectivity index (χ2v) is 5.06. The molecule has 0 aliphatic heterocycles. The minimum Gasteiger partial charge on any atom is -0.468 e. The van der Waals surface area contributed by atoms with Crippen molar-refractivity contribution in [2.45, 2.75) is 39.8 Å². The van der Waals surface area contributed by atoms with E-state index in [0.29, 0.717) is 19.6 Å². The highest BCUT2D eigenvalue weighted by atomic mass is 16.6. The molecule has 1 N–H and O–H groups in total. The summed E-state index contributed by atoms with van der Waals surface area (Å²) in [5.41, 5.74) is 0.482. The van der Waals surface area contributed by atoms with Gasteiger partial charge in [-0.05, 0) is 39.8 Å². The highest BCUT2D eigenvalue weighted by molar-refractivity contribution is 5.72. The van der Waals surface area contributed by atoms with E-state index in [2.05, 4.69) is 15.0 Å². The molecule has 21 heavy (non-hydrogen) atoms. The molecule has 6 heteroatoms. The van der Waals surface area contributed by atoms with Crippen molar-refractivity contribution in [3.05, 3.63) is 30.1 Å². The predicted octanol–water partition coefficient (Wildman–Crippen LogP) is 1.69. The van der Waals surface area contributed by atoms with Crippen LogP contribution in [0.1, 0.15) is 33.4 Å². The second kappa shape index (κ2) is 10.8. The lowest BCUT2D eigenvalue weighted by Crippen LogP contribution is -2.31. The molecule has 1 aromatic rings. The molecular formula is C15H24N2O4. The zero-order valence-electron chi connectivity index (χ0n) is 13.1. The van der Waals surface area contributed by atoms with Crippen molar-refractivity contribution in [1.82, 2.24) is 10.3 Å². The molecule has 0 atom stereocenters. The van der Waals surface area contributed by atoms with Crippen molar-refractivity contribution in [2.24, 2.45) is 0 Å². The van der Waals surface area contributed by atoms with Crippen LogP contribution in [0, 0.1) is 0 Å². The smallest absolute Gasteiger partial charge is 0.320 e. The maximum Gasteiger partial charge on any atom is 0.320 e. The average Bonchev–Trinajstić information content (AvgIpc) is 2.39. The van der Waals surface area contributed by atoms with E-state index in [-0.39, 0.29) is 12.5 Å². The summed E-state index contributed by atoms with van der Waals surface area (Å²) in [7, 11) is 0. The van der Waals surface area contributed by atoms with Gasteiger partial charge in [-0.2, -0.15) is 0 Å². The molecule has 0 aliphatic rings. The fraction of sp³-hybridized carbons (Fsp3) is 0.533. The van der Waals surface area contributed by atoms with Gasteiger partial charge in [0.25, 0.3) is 6.47 Å². The highest BCUT2D eigenvalue weighted by Crippen LogP contribution is 2.06. The molecule has 1 heterocycles. The van der Waals surface area contributed by atoms with Crippen molar-refractivity contribution >= 4 is 12.4 Å². The average molecular weight is 296 g/mol. The maximum atomic E-state index is 11.3. The van der Waals surface area contributed by atoms with E-state index >= 15 is 0 Å². The number of nitrogens with one attached hydrogen (secondary N) is 1. The van der Waals surface area contributed by atoms with Crippen LogP contribution >= 0.6 is 0 Å². The molecule has 0 saturated carbocycles. The Kier molecular flexibility index (Phi) is 9.79. The van der Waals surface area contributed by atoms with Crippen molar-refractivity contribution in [2.75, 3.05) is 13.2 Å². The number of carbonyl (C=O) groups is 2. The number of hydrogen-bond acceptors (Lipinski definition) is 6.